The topological polar surface area (TPSA) is 141 Å². The number of imidazole rings is 1. The molecule has 0 spiro atoms. The molecule has 2 aromatic heterocycles. The molecular formula is C27H31FN10O2. The lowest BCUT2D eigenvalue weighted by atomic mass is 10.2. The van der Waals surface area contributed by atoms with Gasteiger partial charge in [-0.2, -0.15) is 4.98 Å². The summed E-state index contributed by atoms with van der Waals surface area (Å²) in [5, 5.41) is 14.0. The van der Waals surface area contributed by atoms with Gasteiger partial charge in [0.2, 0.25) is 17.8 Å². The van der Waals surface area contributed by atoms with E-state index in [9.17, 15) is 14.0 Å². The van der Waals surface area contributed by atoms with E-state index in [1.54, 1.807) is 24.4 Å². The Balaban J connectivity index is 1.35. The van der Waals surface area contributed by atoms with Crippen LogP contribution in [0.2, 0.25) is 0 Å². The van der Waals surface area contributed by atoms with E-state index in [1.807, 2.05) is 35.6 Å². The van der Waals surface area contributed by atoms with Crippen LogP contribution in [-0.2, 0) is 4.79 Å². The molecule has 0 saturated carbocycles. The molecule has 0 bridgehead atoms. The Labute approximate surface area is 230 Å². The fourth-order valence-corrected chi connectivity index (χ4v) is 4.40. The van der Waals surface area contributed by atoms with Crippen molar-refractivity contribution in [3.8, 4) is 0 Å². The number of aromatic nitrogens is 4. The zero-order valence-electron chi connectivity index (χ0n) is 22.5. The number of piperazine rings is 1. The van der Waals surface area contributed by atoms with Gasteiger partial charge in [-0.25, -0.2) is 19.4 Å². The first kappa shape index (κ1) is 27.0. The Morgan fingerprint density at radius 3 is 2.52 bits per heavy atom. The van der Waals surface area contributed by atoms with Crippen LogP contribution < -0.4 is 26.7 Å². The Morgan fingerprint density at radius 1 is 1.02 bits per heavy atom. The molecule has 1 fully saturated rings. The Kier molecular flexibility index (Phi) is 7.84. The molecular weight excluding hydrogens is 515 g/mol. The molecule has 1 aliphatic heterocycles. The van der Waals surface area contributed by atoms with Crippen LogP contribution in [-0.4, -0.2) is 62.5 Å². The van der Waals surface area contributed by atoms with Crippen LogP contribution >= 0.6 is 0 Å². The Hall–Kier alpha value is -4.62. The summed E-state index contributed by atoms with van der Waals surface area (Å²) in [6.07, 6.45) is 1.57. The van der Waals surface area contributed by atoms with Crippen LogP contribution in [0.4, 0.5) is 33.3 Å². The fraction of sp³-hybridized carbons (Fsp3) is 0.296. The van der Waals surface area contributed by atoms with E-state index in [1.165, 1.54) is 19.1 Å². The number of carbonyl (C=O) groups is 2. The van der Waals surface area contributed by atoms with Gasteiger partial charge in [0.15, 0.2) is 5.65 Å². The molecule has 1 saturated heterocycles. The predicted molar refractivity (Wildman–Crippen MR) is 151 cm³/mol. The quantitative estimate of drug-likeness (QED) is 0.224. The molecule has 5 rings (SSSR count). The van der Waals surface area contributed by atoms with Gasteiger partial charge in [0.1, 0.15) is 11.3 Å². The zero-order valence-corrected chi connectivity index (χ0v) is 22.5. The Morgan fingerprint density at radius 2 is 1.80 bits per heavy atom. The maximum Gasteiger partial charge on any atom is 0.265 e. The largest absolute Gasteiger partial charge is 0.326 e. The van der Waals surface area contributed by atoms with Crippen molar-refractivity contribution in [2.24, 2.45) is 0 Å². The summed E-state index contributed by atoms with van der Waals surface area (Å²) in [5.41, 5.74) is 5.67. The standard InChI is InChI=1S/C27H31FN10O2/c1-16(2)38-24-23(34-27(38)32-20-6-4-5-19(14-20)31-17(3)39)15-30-26(35-24)33-22-8-7-18(13-21(22)28)25(40)36-37-11-9-29-10-12-37/h4-8,13-16,29H,9-12H2,1-3H3,(H,31,39)(H,32,34)(H,36,40)(H,30,33,35). The first-order chi connectivity index (χ1) is 19.3. The summed E-state index contributed by atoms with van der Waals surface area (Å²) in [6.45, 7) is 8.37. The monoisotopic (exact) mass is 546 g/mol. The summed E-state index contributed by atoms with van der Waals surface area (Å²) in [7, 11) is 0. The van der Waals surface area contributed by atoms with E-state index in [0.29, 0.717) is 35.9 Å². The van der Waals surface area contributed by atoms with Crippen LogP contribution in [0.3, 0.4) is 0 Å². The predicted octanol–water partition coefficient (Wildman–Crippen LogP) is 3.54. The highest BCUT2D eigenvalue weighted by Crippen LogP contribution is 2.28. The molecule has 12 nitrogen and oxygen atoms in total. The SMILES string of the molecule is CC(=O)Nc1cccc(Nc2nc3cnc(Nc4ccc(C(=O)NN5CCNCC5)cc4F)nc3n2C(C)C)c1. The lowest BCUT2D eigenvalue weighted by Crippen LogP contribution is -2.52. The van der Waals surface area contributed by atoms with Crippen LogP contribution in [0.15, 0.2) is 48.7 Å². The number of amides is 2. The first-order valence-corrected chi connectivity index (χ1v) is 13.0. The van der Waals surface area contributed by atoms with Gasteiger partial charge < -0.3 is 21.3 Å². The van der Waals surface area contributed by atoms with E-state index in [4.69, 9.17) is 0 Å². The highest BCUT2D eigenvalue weighted by atomic mass is 19.1. The molecule has 40 heavy (non-hydrogen) atoms. The lowest BCUT2D eigenvalue weighted by Gasteiger charge is -2.27. The number of fused-ring (bicyclic) bond motifs is 1. The number of halogens is 1. The Bertz CT molecular complexity index is 1550. The number of nitrogens with zero attached hydrogens (tertiary/aromatic N) is 5. The molecule has 5 N–H and O–H groups in total. The van der Waals surface area contributed by atoms with Crippen molar-refractivity contribution in [2.75, 3.05) is 42.1 Å². The summed E-state index contributed by atoms with van der Waals surface area (Å²) < 4.78 is 16.9. The molecule has 2 aromatic carbocycles. The van der Waals surface area contributed by atoms with E-state index in [-0.39, 0.29) is 35.1 Å². The smallest absolute Gasteiger partial charge is 0.265 e. The number of hydrazine groups is 1. The minimum Gasteiger partial charge on any atom is -0.326 e. The fourth-order valence-electron chi connectivity index (χ4n) is 4.40. The third kappa shape index (κ3) is 6.16. The van der Waals surface area contributed by atoms with Crippen molar-refractivity contribution in [1.29, 1.82) is 0 Å². The van der Waals surface area contributed by atoms with Gasteiger partial charge in [0, 0.05) is 56.1 Å². The van der Waals surface area contributed by atoms with Crippen molar-refractivity contribution < 1.29 is 14.0 Å². The second kappa shape index (κ2) is 11.6. The second-order valence-corrected chi connectivity index (χ2v) is 9.69. The molecule has 3 heterocycles. The maximum absolute atomic E-state index is 15.0. The minimum atomic E-state index is -0.601. The number of hydrogen-bond donors (Lipinski definition) is 5. The number of benzene rings is 2. The summed E-state index contributed by atoms with van der Waals surface area (Å²) in [6, 6.07) is 11.5. The van der Waals surface area contributed by atoms with E-state index in [2.05, 4.69) is 41.6 Å². The molecule has 0 unspecified atom stereocenters. The van der Waals surface area contributed by atoms with Gasteiger partial charge in [0.25, 0.3) is 5.91 Å². The highest BCUT2D eigenvalue weighted by molar-refractivity contribution is 5.94. The molecule has 0 atom stereocenters. The molecule has 1 aliphatic rings. The van der Waals surface area contributed by atoms with E-state index >= 15 is 0 Å². The number of carbonyl (C=O) groups excluding carboxylic acids is 2. The third-order valence-electron chi connectivity index (χ3n) is 6.24. The minimum absolute atomic E-state index is 0.0148. The van der Waals surface area contributed by atoms with Crippen molar-refractivity contribution in [3.63, 3.8) is 0 Å². The van der Waals surface area contributed by atoms with Crippen molar-refractivity contribution in [1.82, 2.24) is 35.3 Å². The number of anilines is 5. The van der Waals surface area contributed by atoms with E-state index in [0.717, 1.165) is 18.8 Å². The molecule has 0 aliphatic carbocycles. The van der Waals surface area contributed by atoms with Crippen molar-refractivity contribution in [2.45, 2.75) is 26.8 Å². The van der Waals surface area contributed by atoms with Gasteiger partial charge in [-0.1, -0.05) is 6.07 Å². The normalized spacial score (nSPS) is 13.8. The highest BCUT2D eigenvalue weighted by Gasteiger charge is 2.18. The first-order valence-electron chi connectivity index (χ1n) is 13.0. The summed E-state index contributed by atoms with van der Waals surface area (Å²) in [5.74, 6) is -0.400. The molecule has 2 amide bonds. The number of nitrogens with one attached hydrogen (secondary N) is 5. The van der Waals surface area contributed by atoms with Gasteiger partial charge in [-0.3, -0.25) is 19.6 Å². The summed E-state index contributed by atoms with van der Waals surface area (Å²) >= 11 is 0. The van der Waals surface area contributed by atoms with Crippen molar-refractivity contribution >= 4 is 51.9 Å². The lowest BCUT2D eigenvalue weighted by molar-refractivity contribution is -0.114. The van der Waals surface area contributed by atoms with Crippen LogP contribution in [0.25, 0.3) is 11.2 Å². The average Bonchev–Trinajstić information content (AvgIpc) is 3.27. The average molecular weight is 547 g/mol. The third-order valence-corrected chi connectivity index (χ3v) is 6.24. The van der Waals surface area contributed by atoms with Crippen LogP contribution in [0.1, 0.15) is 37.2 Å². The molecule has 208 valence electrons. The van der Waals surface area contributed by atoms with Gasteiger partial charge in [-0.15, -0.1) is 0 Å². The molecule has 4 aromatic rings. The van der Waals surface area contributed by atoms with Gasteiger partial charge in [-0.05, 0) is 50.2 Å². The number of rotatable bonds is 8. The van der Waals surface area contributed by atoms with Gasteiger partial charge in [0.05, 0.1) is 11.9 Å². The van der Waals surface area contributed by atoms with Crippen LogP contribution in [0.5, 0.6) is 0 Å². The van der Waals surface area contributed by atoms with E-state index < -0.39 is 5.82 Å². The second-order valence-electron chi connectivity index (χ2n) is 9.69. The summed E-state index contributed by atoms with van der Waals surface area (Å²) in [4.78, 5) is 37.6. The molecule has 0 radical (unpaired) electrons. The molecule has 13 heteroatoms. The van der Waals surface area contributed by atoms with Crippen LogP contribution in [0, 0.1) is 5.82 Å². The van der Waals surface area contributed by atoms with Gasteiger partial charge >= 0.3 is 0 Å². The van der Waals surface area contributed by atoms with Crippen molar-refractivity contribution in [3.05, 3.63) is 60.0 Å². The number of hydrogen-bond acceptors (Lipinski definition) is 9. The zero-order chi connectivity index (χ0) is 28.2. The maximum atomic E-state index is 15.0.